The van der Waals surface area contributed by atoms with Crippen LogP contribution in [0.4, 0.5) is 0 Å². The van der Waals surface area contributed by atoms with Crippen LogP contribution in [0.5, 0.6) is 0 Å². The Morgan fingerprint density at radius 3 is 2.77 bits per heavy atom. The minimum absolute atomic E-state index is 0.0108. The molecule has 26 heavy (non-hydrogen) atoms. The van der Waals surface area contributed by atoms with E-state index in [-0.39, 0.29) is 24.0 Å². The molecule has 0 bridgehead atoms. The Labute approximate surface area is 151 Å². The molecule has 1 aromatic carbocycles. The van der Waals surface area contributed by atoms with Gasteiger partial charge in [0.1, 0.15) is 5.60 Å². The van der Waals surface area contributed by atoms with Crippen molar-refractivity contribution >= 4 is 11.8 Å². The maximum atomic E-state index is 12.5. The number of piperidine rings is 1. The molecule has 1 aromatic heterocycles. The van der Waals surface area contributed by atoms with Gasteiger partial charge in [0, 0.05) is 18.7 Å². The van der Waals surface area contributed by atoms with Gasteiger partial charge in [0.15, 0.2) is 0 Å². The fourth-order valence-corrected chi connectivity index (χ4v) is 3.79. The van der Waals surface area contributed by atoms with Crippen LogP contribution in [-0.4, -0.2) is 53.2 Å². The lowest BCUT2D eigenvalue weighted by atomic mass is 9.84. The third kappa shape index (κ3) is 3.10. The molecule has 0 saturated carbocycles. The standard InChI is InChI=1S/C19H22N4O3/c24-16(13-20-18(25)14-4-2-1-3-5-14)23-9-7-19(8-10-23)17-15(6-11-26-19)12-21-22-17/h1-5,12H,6-11,13H2,(H,20,25)(H,21,22). The maximum absolute atomic E-state index is 12.5. The van der Waals surface area contributed by atoms with Crippen LogP contribution in [0.2, 0.25) is 0 Å². The zero-order valence-electron chi connectivity index (χ0n) is 14.5. The van der Waals surface area contributed by atoms with Crippen molar-refractivity contribution < 1.29 is 14.3 Å². The molecule has 2 aliphatic heterocycles. The number of nitrogens with one attached hydrogen (secondary N) is 2. The van der Waals surface area contributed by atoms with Crippen LogP contribution in [0.3, 0.4) is 0 Å². The number of aromatic nitrogens is 2. The summed E-state index contributed by atoms with van der Waals surface area (Å²) in [4.78, 5) is 26.3. The number of nitrogens with zero attached hydrogens (tertiary/aromatic N) is 2. The average molecular weight is 354 g/mol. The molecule has 2 amide bonds. The number of rotatable bonds is 3. The van der Waals surface area contributed by atoms with Crippen molar-refractivity contribution in [3.8, 4) is 0 Å². The first-order valence-corrected chi connectivity index (χ1v) is 8.96. The first-order chi connectivity index (χ1) is 12.7. The second-order valence-corrected chi connectivity index (χ2v) is 6.79. The van der Waals surface area contributed by atoms with Gasteiger partial charge in [-0.15, -0.1) is 0 Å². The molecule has 2 aromatic rings. The fraction of sp³-hybridized carbons (Fsp3) is 0.421. The summed E-state index contributed by atoms with van der Waals surface area (Å²) in [5.41, 5.74) is 2.48. The Balaban J connectivity index is 1.33. The number of H-pyrrole nitrogens is 1. The van der Waals surface area contributed by atoms with E-state index in [1.807, 2.05) is 12.3 Å². The molecule has 0 radical (unpaired) electrons. The second kappa shape index (κ2) is 6.92. The highest BCUT2D eigenvalue weighted by molar-refractivity contribution is 5.96. The van der Waals surface area contributed by atoms with Gasteiger partial charge in [0.25, 0.3) is 5.91 Å². The molecule has 2 N–H and O–H groups in total. The number of amides is 2. The van der Waals surface area contributed by atoms with Gasteiger partial charge in [-0.25, -0.2) is 0 Å². The molecule has 1 fully saturated rings. The third-order valence-corrected chi connectivity index (χ3v) is 5.28. The number of fused-ring (bicyclic) bond motifs is 2. The molecule has 2 aliphatic rings. The van der Waals surface area contributed by atoms with Crippen molar-refractivity contribution in [2.24, 2.45) is 0 Å². The fourth-order valence-electron chi connectivity index (χ4n) is 3.79. The predicted molar refractivity (Wildman–Crippen MR) is 94.5 cm³/mol. The van der Waals surface area contributed by atoms with E-state index in [1.54, 1.807) is 29.2 Å². The number of likely N-dealkylation sites (tertiary alicyclic amines) is 1. The first-order valence-electron chi connectivity index (χ1n) is 8.96. The van der Waals surface area contributed by atoms with Crippen molar-refractivity contribution in [3.63, 3.8) is 0 Å². The smallest absolute Gasteiger partial charge is 0.251 e. The molecule has 7 nitrogen and oxygen atoms in total. The third-order valence-electron chi connectivity index (χ3n) is 5.28. The molecule has 0 unspecified atom stereocenters. The average Bonchev–Trinajstić information content (AvgIpc) is 3.18. The Morgan fingerprint density at radius 1 is 1.23 bits per heavy atom. The Morgan fingerprint density at radius 2 is 2.00 bits per heavy atom. The number of carbonyl (C=O) groups excluding carboxylic acids is 2. The summed E-state index contributed by atoms with van der Waals surface area (Å²) in [5, 5.41) is 9.94. The van der Waals surface area contributed by atoms with Crippen molar-refractivity contribution in [3.05, 3.63) is 53.3 Å². The topological polar surface area (TPSA) is 87.3 Å². The minimum Gasteiger partial charge on any atom is -0.368 e. The number of aromatic amines is 1. The molecule has 3 heterocycles. The van der Waals surface area contributed by atoms with Crippen LogP contribution < -0.4 is 5.32 Å². The van der Waals surface area contributed by atoms with Gasteiger partial charge in [0.2, 0.25) is 5.91 Å². The molecule has 1 saturated heterocycles. The summed E-state index contributed by atoms with van der Waals surface area (Å²) < 4.78 is 6.10. The van der Waals surface area contributed by atoms with Crippen LogP contribution in [0.25, 0.3) is 0 Å². The van der Waals surface area contributed by atoms with E-state index in [9.17, 15) is 9.59 Å². The van der Waals surface area contributed by atoms with E-state index in [1.165, 1.54) is 5.56 Å². The minimum atomic E-state index is -0.353. The van der Waals surface area contributed by atoms with Gasteiger partial charge in [-0.05, 0) is 37.0 Å². The predicted octanol–water partition coefficient (Wildman–Crippen LogP) is 1.23. The maximum Gasteiger partial charge on any atom is 0.251 e. The largest absolute Gasteiger partial charge is 0.368 e. The van der Waals surface area contributed by atoms with Crippen LogP contribution in [0.1, 0.15) is 34.5 Å². The van der Waals surface area contributed by atoms with Crippen molar-refractivity contribution in [1.29, 1.82) is 0 Å². The van der Waals surface area contributed by atoms with Gasteiger partial charge in [0.05, 0.1) is 25.0 Å². The van der Waals surface area contributed by atoms with E-state index in [0.717, 1.165) is 25.0 Å². The lowest BCUT2D eigenvalue weighted by molar-refractivity contribution is -0.140. The van der Waals surface area contributed by atoms with Crippen LogP contribution in [-0.2, 0) is 21.6 Å². The number of benzene rings is 1. The number of ether oxygens (including phenoxy) is 1. The summed E-state index contributed by atoms with van der Waals surface area (Å²) in [5.74, 6) is -0.296. The lowest BCUT2D eigenvalue weighted by Gasteiger charge is -2.43. The molecular weight excluding hydrogens is 332 g/mol. The lowest BCUT2D eigenvalue weighted by Crippen LogP contribution is -2.50. The molecule has 7 heteroatoms. The summed E-state index contributed by atoms with van der Waals surface area (Å²) in [6, 6.07) is 8.91. The van der Waals surface area contributed by atoms with Gasteiger partial charge in [-0.2, -0.15) is 5.10 Å². The van der Waals surface area contributed by atoms with Crippen molar-refractivity contribution in [2.45, 2.75) is 24.9 Å². The highest BCUT2D eigenvalue weighted by Crippen LogP contribution is 2.40. The summed E-state index contributed by atoms with van der Waals surface area (Å²) in [6.45, 7) is 1.92. The van der Waals surface area contributed by atoms with Crippen LogP contribution in [0.15, 0.2) is 36.5 Å². The zero-order valence-corrected chi connectivity index (χ0v) is 14.5. The number of hydrogen-bond acceptors (Lipinski definition) is 4. The summed E-state index contributed by atoms with van der Waals surface area (Å²) in [6.07, 6.45) is 4.22. The molecule has 0 atom stereocenters. The Hall–Kier alpha value is -2.67. The SMILES string of the molecule is O=C(NCC(=O)N1CCC2(CC1)OCCc1cn[nH]c12)c1ccccc1. The normalized spacial score (nSPS) is 18.4. The zero-order chi connectivity index (χ0) is 18.0. The highest BCUT2D eigenvalue weighted by atomic mass is 16.5. The number of hydrogen-bond donors (Lipinski definition) is 2. The van der Waals surface area contributed by atoms with Gasteiger partial charge in [-0.1, -0.05) is 18.2 Å². The summed E-state index contributed by atoms with van der Waals surface area (Å²) in [7, 11) is 0. The second-order valence-electron chi connectivity index (χ2n) is 6.79. The molecular formula is C19H22N4O3. The van der Waals surface area contributed by atoms with Crippen LogP contribution in [0, 0.1) is 0 Å². The highest BCUT2D eigenvalue weighted by Gasteiger charge is 2.43. The first kappa shape index (κ1) is 16.8. The number of carbonyl (C=O) groups is 2. The molecule has 4 rings (SSSR count). The van der Waals surface area contributed by atoms with Gasteiger partial charge in [-0.3, -0.25) is 14.7 Å². The van der Waals surface area contributed by atoms with E-state index < -0.39 is 0 Å². The van der Waals surface area contributed by atoms with E-state index in [2.05, 4.69) is 15.5 Å². The molecule has 1 spiro atoms. The quantitative estimate of drug-likeness (QED) is 0.868. The van der Waals surface area contributed by atoms with Gasteiger partial charge < -0.3 is 15.0 Å². The molecule has 0 aliphatic carbocycles. The van der Waals surface area contributed by atoms with Crippen molar-refractivity contribution in [2.75, 3.05) is 26.2 Å². The molecule has 136 valence electrons. The Kier molecular flexibility index (Phi) is 4.46. The van der Waals surface area contributed by atoms with Crippen molar-refractivity contribution in [1.82, 2.24) is 20.4 Å². The Bertz CT molecular complexity index is 794. The van der Waals surface area contributed by atoms with E-state index in [4.69, 9.17) is 4.74 Å². The van der Waals surface area contributed by atoms with E-state index in [0.29, 0.717) is 25.3 Å². The van der Waals surface area contributed by atoms with Crippen LogP contribution >= 0.6 is 0 Å². The summed E-state index contributed by atoms with van der Waals surface area (Å²) >= 11 is 0. The monoisotopic (exact) mass is 354 g/mol. The van der Waals surface area contributed by atoms with E-state index >= 15 is 0 Å². The van der Waals surface area contributed by atoms with Gasteiger partial charge >= 0.3 is 0 Å².